The lowest BCUT2D eigenvalue weighted by Gasteiger charge is -2.31. The van der Waals surface area contributed by atoms with Gasteiger partial charge in [-0.3, -0.25) is 4.79 Å². The summed E-state index contributed by atoms with van der Waals surface area (Å²) in [5, 5.41) is 0.147. The van der Waals surface area contributed by atoms with Gasteiger partial charge in [0.15, 0.2) is 0 Å². The van der Waals surface area contributed by atoms with Crippen molar-refractivity contribution in [2.24, 2.45) is 0 Å². The van der Waals surface area contributed by atoms with Gasteiger partial charge in [-0.25, -0.2) is 0 Å². The van der Waals surface area contributed by atoms with Crippen LogP contribution in [0.25, 0.3) is 0 Å². The molecule has 0 bridgehead atoms. The number of benzene rings is 1. The van der Waals surface area contributed by atoms with E-state index >= 15 is 0 Å². The first-order valence-corrected chi connectivity index (χ1v) is 9.40. The first-order valence-electron chi connectivity index (χ1n) is 8.35. The number of carbonyl (C=O) groups is 1. The predicted molar refractivity (Wildman–Crippen MR) is 91.1 cm³/mol. The van der Waals surface area contributed by atoms with Crippen LogP contribution in [-0.4, -0.2) is 41.9 Å². The van der Waals surface area contributed by atoms with E-state index in [0.29, 0.717) is 11.9 Å². The van der Waals surface area contributed by atoms with Gasteiger partial charge in [0.2, 0.25) is 5.91 Å². The van der Waals surface area contributed by atoms with Gasteiger partial charge in [-0.05, 0) is 36.8 Å². The Balaban J connectivity index is 1.51. The Hall–Kier alpha value is -1.00. The first kappa shape index (κ1) is 15.9. The quantitative estimate of drug-likeness (QED) is 0.834. The minimum absolute atomic E-state index is 0.147. The van der Waals surface area contributed by atoms with Crippen molar-refractivity contribution in [3.8, 4) is 0 Å². The third kappa shape index (κ3) is 3.66. The van der Waals surface area contributed by atoms with Crippen molar-refractivity contribution < 1.29 is 9.53 Å². The van der Waals surface area contributed by atoms with Gasteiger partial charge < -0.3 is 9.64 Å². The maximum atomic E-state index is 12.6. The molecule has 2 heterocycles. The molecule has 0 aromatic heterocycles. The normalized spacial score (nSPS) is 23.2. The molecular weight excluding hydrogens is 294 g/mol. The Morgan fingerprint density at radius 2 is 1.82 bits per heavy atom. The molecule has 0 unspecified atom stereocenters. The van der Waals surface area contributed by atoms with E-state index in [9.17, 15) is 4.79 Å². The van der Waals surface area contributed by atoms with Crippen molar-refractivity contribution >= 4 is 17.7 Å². The van der Waals surface area contributed by atoms with Gasteiger partial charge in [0.1, 0.15) is 0 Å². The second-order valence-electron chi connectivity index (χ2n) is 6.13. The average molecular weight is 319 g/mol. The molecule has 1 aromatic carbocycles. The van der Waals surface area contributed by atoms with Crippen LogP contribution < -0.4 is 0 Å². The van der Waals surface area contributed by atoms with Crippen LogP contribution in [0, 0.1) is 0 Å². The Bertz CT molecular complexity index is 496. The summed E-state index contributed by atoms with van der Waals surface area (Å²) in [5.41, 5.74) is 2.69. The summed E-state index contributed by atoms with van der Waals surface area (Å²) in [4.78, 5) is 14.7. The van der Waals surface area contributed by atoms with Crippen LogP contribution in [-0.2, 0) is 21.7 Å². The minimum Gasteiger partial charge on any atom is -0.381 e. The molecule has 2 aliphatic rings. The summed E-state index contributed by atoms with van der Waals surface area (Å²) in [5.74, 6) is 1.28. The highest BCUT2D eigenvalue weighted by molar-refractivity contribution is 7.99. The summed E-state index contributed by atoms with van der Waals surface area (Å²) >= 11 is 1.80. The number of likely N-dealkylation sites (tertiary alicyclic amines) is 1. The number of hydrogen-bond acceptors (Lipinski definition) is 3. The maximum absolute atomic E-state index is 12.6. The number of hydrogen-bond donors (Lipinski definition) is 0. The van der Waals surface area contributed by atoms with Crippen molar-refractivity contribution in [3.63, 3.8) is 0 Å². The molecule has 1 atom stereocenters. The highest BCUT2D eigenvalue weighted by Crippen LogP contribution is 2.30. The number of carbonyl (C=O) groups excluding carboxylic acids is 1. The third-order valence-electron chi connectivity index (χ3n) is 4.70. The van der Waals surface area contributed by atoms with Crippen molar-refractivity contribution in [1.82, 2.24) is 4.90 Å². The molecule has 4 heteroatoms. The molecular formula is C18H25NO2S. The Morgan fingerprint density at radius 3 is 2.50 bits per heavy atom. The SMILES string of the molecule is CCc1ccc(CS[C@H]2CCN(C3CCOCC3)C2=O)cc1. The monoisotopic (exact) mass is 319 g/mol. The molecule has 0 radical (unpaired) electrons. The summed E-state index contributed by atoms with van der Waals surface area (Å²) in [7, 11) is 0. The van der Waals surface area contributed by atoms with Crippen LogP contribution >= 0.6 is 11.8 Å². The molecule has 1 aromatic rings. The molecule has 2 aliphatic heterocycles. The average Bonchev–Trinajstić information content (AvgIpc) is 2.95. The fourth-order valence-electron chi connectivity index (χ4n) is 3.26. The molecule has 3 nitrogen and oxygen atoms in total. The van der Waals surface area contributed by atoms with E-state index in [4.69, 9.17) is 4.74 Å². The van der Waals surface area contributed by atoms with E-state index in [1.54, 1.807) is 11.8 Å². The first-order chi connectivity index (χ1) is 10.8. The number of nitrogens with zero attached hydrogens (tertiary/aromatic N) is 1. The summed E-state index contributed by atoms with van der Waals surface area (Å²) in [6.45, 7) is 4.70. The molecule has 2 fully saturated rings. The fourth-order valence-corrected chi connectivity index (χ4v) is 4.39. The number of aryl methyl sites for hydroxylation is 1. The zero-order valence-corrected chi connectivity index (χ0v) is 14.1. The molecule has 1 amide bonds. The van der Waals surface area contributed by atoms with Crippen LogP contribution in [0.4, 0.5) is 0 Å². The predicted octanol–water partition coefficient (Wildman–Crippen LogP) is 3.26. The number of ether oxygens (including phenoxy) is 1. The molecule has 3 rings (SSSR count). The smallest absolute Gasteiger partial charge is 0.236 e. The van der Waals surface area contributed by atoms with Crippen LogP contribution in [0.15, 0.2) is 24.3 Å². The molecule has 0 spiro atoms. The maximum Gasteiger partial charge on any atom is 0.236 e. The van der Waals surface area contributed by atoms with Crippen LogP contribution in [0.3, 0.4) is 0 Å². The summed E-state index contributed by atoms with van der Waals surface area (Å²) < 4.78 is 5.40. The Morgan fingerprint density at radius 1 is 1.14 bits per heavy atom. The van der Waals surface area contributed by atoms with E-state index in [2.05, 4.69) is 36.1 Å². The van der Waals surface area contributed by atoms with Gasteiger partial charge in [-0.1, -0.05) is 31.2 Å². The fraction of sp³-hybridized carbons (Fsp3) is 0.611. The van der Waals surface area contributed by atoms with Crippen LogP contribution in [0.1, 0.15) is 37.3 Å². The largest absolute Gasteiger partial charge is 0.381 e. The van der Waals surface area contributed by atoms with Crippen LogP contribution in [0.5, 0.6) is 0 Å². The molecule has 0 saturated carbocycles. The second kappa shape index (κ2) is 7.51. The Labute approximate surface area is 137 Å². The summed E-state index contributed by atoms with van der Waals surface area (Å²) in [6.07, 6.45) is 4.08. The molecule has 2 saturated heterocycles. The molecule has 0 aliphatic carbocycles. The summed E-state index contributed by atoms with van der Waals surface area (Å²) in [6, 6.07) is 9.19. The number of amides is 1. The second-order valence-corrected chi connectivity index (χ2v) is 7.32. The number of thioether (sulfide) groups is 1. The van der Waals surface area contributed by atoms with E-state index < -0.39 is 0 Å². The van der Waals surface area contributed by atoms with Crippen molar-refractivity contribution in [2.45, 2.75) is 49.7 Å². The van der Waals surface area contributed by atoms with E-state index in [0.717, 1.165) is 51.2 Å². The van der Waals surface area contributed by atoms with Crippen molar-refractivity contribution in [1.29, 1.82) is 0 Å². The molecule has 120 valence electrons. The standard InChI is InChI=1S/C18H25NO2S/c1-2-14-3-5-15(6-4-14)13-22-17-7-10-19(18(17)20)16-8-11-21-12-9-16/h3-6,16-17H,2,7-13H2,1H3/t17-/m0/s1. The lowest BCUT2D eigenvalue weighted by Crippen LogP contribution is -2.41. The van der Waals surface area contributed by atoms with Crippen LogP contribution in [0.2, 0.25) is 0 Å². The highest BCUT2D eigenvalue weighted by atomic mass is 32.2. The molecule has 0 N–H and O–H groups in total. The zero-order valence-electron chi connectivity index (χ0n) is 13.3. The number of rotatable bonds is 5. The lowest BCUT2D eigenvalue weighted by atomic mass is 10.1. The molecule has 22 heavy (non-hydrogen) atoms. The van der Waals surface area contributed by atoms with Crippen molar-refractivity contribution in [2.75, 3.05) is 19.8 Å². The van der Waals surface area contributed by atoms with Gasteiger partial charge in [0.05, 0.1) is 5.25 Å². The van der Waals surface area contributed by atoms with Gasteiger partial charge in [-0.2, -0.15) is 0 Å². The van der Waals surface area contributed by atoms with Gasteiger partial charge >= 0.3 is 0 Å². The Kier molecular flexibility index (Phi) is 5.42. The third-order valence-corrected chi connectivity index (χ3v) is 6.04. The van der Waals surface area contributed by atoms with E-state index in [1.807, 2.05) is 0 Å². The van der Waals surface area contributed by atoms with Gasteiger partial charge in [0, 0.05) is 31.6 Å². The van der Waals surface area contributed by atoms with E-state index in [-0.39, 0.29) is 5.25 Å². The zero-order chi connectivity index (χ0) is 15.4. The lowest BCUT2D eigenvalue weighted by molar-refractivity contribution is -0.130. The van der Waals surface area contributed by atoms with E-state index in [1.165, 1.54) is 11.1 Å². The van der Waals surface area contributed by atoms with Crippen molar-refractivity contribution in [3.05, 3.63) is 35.4 Å². The topological polar surface area (TPSA) is 29.5 Å². The van der Waals surface area contributed by atoms with Gasteiger partial charge in [0.25, 0.3) is 0 Å². The van der Waals surface area contributed by atoms with Gasteiger partial charge in [-0.15, -0.1) is 11.8 Å². The highest BCUT2D eigenvalue weighted by Gasteiger charge is 2.36. The minimum atomic E-state index is 0.147.